The van der Waals surface area contributed by atoms with Gasteiger partial charge in [-0.3, -0.25) is 4.79 Å². The number of benzene rings is 1. The number of likely N-dealkylation sites (tertiary alicyclic amines) is 1. The van der Waals surface area contributed by atoms with Gasteiger partial charge in [0.05, 0.1) is 29.5 Å². The lowest BCUT2D eigenvalue weighted by molar-refractivity contribution is -0.131. The molecule has 2 fully saturated rings. The fourth-order valence-corrected chi connectivity index (χ4v) is 4.28. The average Bonchev–Trinajstić information content (AvgIpc) is 3.38. The van der Waals surface area contributed by atoms with E-state index in [4.69, 9.17) is 14.3 Å². The van der Waals surface area contributed by atoms with Crippen molar-refractivity contribution in [3.8, 4) is 11.3 Å². The van der Waals surface area contributed by atoms with E-state index in [1.54, 1.807) is 7.05 Å². The van der Waals surface area contributed by atoms with Gasteiger partial charge in [0, 0.05) is 18.3 Å². The highest BCUT2D eigenvalue weighted by Gasteiger charge is 2.51. The molecule has 0 radical (unpaired) electrons. The molecule has 2 saturated heterocycles. The van der Waals surface area contributed by atoms with Gasteiger partial charge in [-0.1, -0.05) is 31.2 Å². The topological polar surface area (TPSA) is 79.5 Å². The third kappa shape index (κ3) is 4.16. The van der Waals surface area contributed by atoms with Gasteiger partial charge >= 0.3 is 7.12 Å². The third-order valence-electron chi connectivity index (χ3n) is 6.80. The fourth-order valence-electron chi connectivity index (χ4n) is 4.28. The second-order valence-electron chi connectivity index (χ2n) is 9.81. The lowest BCUT2D eigenvalue weighted by Crippen LogP contribution is -2.41. The van der Waals surface area contributed by atoms with E-state index in [0.717, 1.165) is 35.5 Å². The highest BCUT2D eigenvalue weighted by atomic mass is 16.7. The molecular formula is C23H33BN4O3. The lowest BCUT2D eigenvalue weighted by atomic mass is 9.79. The zero-order valence-corrected chi connectivity index (χ0v) is 19.4. The Morgan fingerprint density at radius 3 is 2.48 bits per heavy atom. The lowest BCUT2D eigenvalue weighted by Gasteiger charge is -2.32. The average molecular weight is 424 g/mol. The molecule has 8 heteroatoms. The molecule has 2 N–H and O–H groups in total. The van der Waals surface area contributed by atoms with Crippen LogP contribution in [0, 0.1) is 5.92 Å². The van der Waals surface area contributed by atoms with Crippen LogP contribution in [-0.2, 0) is 14.1 Å². The predicted octanol–water partition coefficient (Wildman–Crippen LogP) is 2.50. The van der Waals surface area contributed by atoms with Crippen molar-refractivity contribution in [1.82, 2.24) is 20.2 Å². The summed E-state index contributed by atoms with van der Waals surface area (Å²) in [6.07, 6.45) is 2.84. The summed E-state index contributed by atoms with van der Waals surface area (Å²) in [5, 5.41) is 2.96. The standard InChI is InChI=1S/C23H33BN4O3/c1-15-11-19(28(14-15)20(29)13-25-6)21-26-12-18(27-21)16-7-9-17(10-8-16)24-30-22(2,3)23(4,5)31-24/h7-10,12,15,19,25H,11,13-14H2,1-6H3,(H,26,27). The maximum Gasteiger partial charge on any atom is 0.494 e. The van der Waals surface area contributed by atoms with Crippen LogP contribution in [0.3, 0.4) is 0 Å². The molecule has 0 saturated carbocycles. The largest absolute Gasteiger partial charge is 0.494 e. The van der Waals surface area contributed by atoms with Gasteiger partial charge in [0.2, 0.25) is 5.91 Å². The molecule has 2 unspecified atom stereocenters. The quantitative estimate of drug-likeness (QED) is 0.722. The number of hydrogen-bond donors (Lipinski definition) is 2. The smallest absolute Gasteiger partial charge is 0.399 e. The van der Waals surface area contributed by atoms with Gasteiger partial charge in [-0.15, -0.1) is 0 Å². The van der Waals surface area contributed by atoms with Crippen LogP contribution in [0.5, 0.6) is 0 Å². The van der Waals surface area contributed by atoms with Crippen LogP contribution in [0.2, 0.25) is 0 Å². The Balaban J connectivity index is 1.50. The van der Waals surface area contributed by atoms with E-state index >= 15 is 0 Å². The second-order valence-corrected chi connectivity index (χ2v) is 9.81. The number of hydrogen-bond acceptors (Lipinski definition) is 5. The molecule has 2 atom stereocenters. The molecule has 4 rings (SSSR count). The second kappa shape index (κ2) is 8.08. The summed E-state index contributed by atoms with van der Waals surface area (Å²) in [5.41, 5.74) is 2.16. The van der Waals surface area contributed by atoms with Crippen molar-refractivity contribution >= 4 is 18.5 Å². The number of rotatable bonds is 5. The molecule has 2 aliphatic rings. The molecule has 2 aliphatic heterocycles. The zero-order valence-electron chi connectivity index (χ0n) is 19.4. The van der Waals surface area contributed by atoms with Crippen LogP contribution in [0.1, 0.15) is 52.9 Å². The van der Waals surface area contributed by atoms with Crippen molar-refractivity contribution < 1.29 is 14.1 Å². The number of aromatic nitrogens is 2. The first kappa shape index (κ1) is 22.1. The summed E-state index contributed by atoms with van der Waals surface area (Å²) in [6, 6.07) is 8.15. The maximum absolute atomic E-state index is 12.5. The van der Waals surface area contributed by atoms with Gasteiger partial charge in [0.25, 0.3) is 0 Å². The Bertz CT molecular complexity index is 925. The number of aromatic amines is 1. The highest BCUT2D eigenvalue weighted by Crippen LogP contribution is 2.37. The number of nitrogens with zero attached hydrogens (tertiary/aromatic N) is 2. The highest BCUT2D eigenvalue weighted by molar-refractivity contribution is 6.62. The number of H-pyrrole nitrogens is 1. The van der Waals surface area contributed by atoms with Gasteiger partial charge in [-0.2, -0.15) is 0 Å². The summed E-state index contributed by atoms with van der Waals surface area (Å²) in [5.74, 6) is 1.42. The molecular weight excluding hydrogens is 391 g/mol. The summed E-state index contributed by atoms with van der Waals surface area (Å²) in [4.78, 5) is 22.6. The first-order valence-corrected chi connectivity index (χ1v) is 11.1. The van der Waals surface area contributed by atoms with E-state index in [2.05, 4.69) is 44.9 Å². The van der Waals surface area contributed by atoms with Crippen molar-refractivity contribution in [3.05, 3.63) is 36.3 Å². The Kier molecular flexibility index (Phi) is 5.75. The van der Waals surface area contributed by atoms with Crippen molar-refractivity contribution in [2.24, 2.45) is 5.92 Å². The summed E-state index contributed by atoms with van der Waals surface area (Å²) in [7, 11) is 1.42. The monoisotopic (exact) mass is 424 g/mol. The van der Waals surface area contributed by atoms with Crippen LogP contribution >= 0.6 is 0 Å². The number of carbonyl (C=O) groups is 1. The number of nitrogens with one attached hydrogen (secondary N) is 2. The van der Waals surface area contributed by atoms with Crippen molar-refractivity contribution in [1.29, 1.82) is 0 Å². The van der Waals surface area contributed by atoms with E-state index in [0.29, 0.717) is 12.5 Å². The molecule has 0 aliphatic carbocycles. The van der Waals surface area contributed by atoms with E-state index in [9.17, 15) is 4.79 Å². The minimum absolute atomic E-state index is 0.00590. The summed E-state index contributed by atoms with van der Waals surface area (Å²) in [6.45, 7) is 11.5. The van der Waals surface area contributed by atoms with E-state index in [1.165, 1.54) is 0 Å². The predicted molar refractivity (Wildman–Crippen MR) is 122 cm³/mol. The number of imidazole rings is 1. The fraction of sp³-hybridized carbons (Fsp3) is 0.565. The van der Waals surface area contributed by atoms with E-state index in [-0.39, 0.29) is 30.3 Å². The van der Waals surface area contributed by atoms with Crippen molar-refractivity contribution in [2.45, 2.75) is 58.3 Å². The molecule has 2 aromatic rings. The van der Waals surface area contributed by atoms with E-state index < -0.39 is 0 Å². The van der Waals surface area contributed by atoms with Crippen LogP contribution < -0.4 is 10.8 Å². The Hall–Kier alpha value is -2.16. The Morgan fingerprint density at radius 1 is 1.23 bits per heavy atom. The van der Waals surface area contributed by atoms with Gasteiger partial charge in [-0.25, -0.2) is 4.98 Å². The molecule has 1 aromatic carbocycles. The maximum atomic E-state index is 12.5. The molecule has 1 aromatic heterocycles. The van der Waals surface area contributed by atoms with Gasteiger partial charge in [-0.05, 0) is 52.5 Å². The zero-order chi connectivity index (χ0) is 22.4. The van der Waals surface area contributed by atoms with Crippen molar-refractivity contribution in [2.75, 3.05) is 20.1 Å². The number of amides is 1. The number of carbonyl (C=O) groups excluding carboxylic acids is 1. The molecule has 0 bridgehead atoms. The van der Waals surface area contributed by atoms with Gasteiger partial charge in [0.15, 0.2) is 0 Å². The van der Waals surface area contributed by atoms with Gasteiger partial charge < -0.3 is 24.5 Å². The molecule has 7 nitrogen and oxygen atoms in total. The Morgan fingerprint density at radius 2 is 1.87 bits per heavy atom. The molecule has 1 amide bonds. The normalized spacial score (nSPS) is 24.7. The number of likely N-dealkylation sites (N-methyl/N-ethyl adjacent to an activating group) is 1. The first-order valence-electron chi connectivity index (χ1n) is 11.1. The molecule has 31 heavy (non-hydrogen) atoms. The summed E-state index contributed by atoms with van der Waals surface area (Å²) >= 11 is 0. The molecule has 166 valence electrons. The first-order chi connectivity index (χ1) is 14.6. The third-order valence-corrected chi connectivity index (χ3v) is 6.80. The Labute approximate surface area is 185 Å². The van der Waals surface area contributed by atoms with Crippen molar-refractivity contribution in [3.63, 3.8) is 0 Å². The molecule has 3 heterocycles. The van der Waals surface area contributed by atoms with Crippen LogP contribution in [0.4, 0.5) is 0 Å². The minimum atomic E-state index is -0.375. The molecule has 0 spiro atoms. The SMILES string of the molecule is CNCC(=O)N1CC(C)CC1c1nc(-c2ccc(B3OC(C)(C)C(C)(C)O3)cc2)c[nH]1. The van der Waals surface area contributed by atoms with Crippen LogP contribution in [-0.4, -0.2) is 59.2 Å². The summed E-state index contributed by atoms with van der Waals surface area (Å²) < 4.78 is 12.3. The minimum Gasteiger partial charge on any atom is -0.399 e. The van der Waals surface area contributed by atoms with E-state index in [1.807, 2.05) is 35.4 Å². The van der Waals surface area contributed by atoms with Gasteiger partial charge in [0.1, 0.15) is 5.82 Å². The van der Waals surface area contributed by atoms with Crippen LogP contribution in [0.25, 0.3) is 11.3 Å². The van der Waals surface area contributed by atoms with Crippen LogP contribution in [0.15, 0.2) is 30.5 Å².